The Kier molecular flexibility index (Phi) is 3.68. The summed E-state index contributed by atoms with van der Waals surface area (Å²) < 4.78 is 4.85. The number of benzene rings is 1. The summed E-state index contributed by atoms with van der Waals surface area (Å²) in [5.41, 5.74) is 8.45. The van der Waals surface area contributed by atoms with Gasteiger partial charge in [0.15, 0.2) is 0 Å². The molecule has 0 aliphatic heterocycles. The monoisotopic (exact) mass is 261 g/mol. The Morgan fingerprint density at radius 2 is 1.89 bits per heavy atom. The first kappa shape index (κ1) is 14.1. The number of ether oxygens (including phenoxy) is 1. The maximum Gasteiger partial charge on any atom is 0.306 e. The lowest BCUT2D eigenvalue weighted by Crippen LogP contribution is -2.44. The Bertz CT molecular complexity index is 481. The second-order valence-electron chi connectivity index (χ2n) is 6.17. The van der Waals surface area contributed by atoms with Crippen molar-refractivity contribution in [2.75, 3.05) is 13.7 Å². The molecule has 3 nitrogen and oxygen atoms in total. The number of carbonyl (C=O) groups excluding carboxylic acids is 1. The van der Waals surface area contributed by atoms with E-state index in [1.807, 2.05) is 6.07 Å². The van der Waals surface area contributed by atoms with Crippen LogP contribution in [0.5, 0.6) is 0 Å². The first-order valence-electron chi connectivity index (χ1n) is 6.82. The zero-order valence-corrected chi connectivity index (χ0v) is 12.0. The van der Waals surface area contributed by atoms with E-state index in [0.717, 1.165) is 12.8 Å². The van der Waals surface area contributed by atoms with Gasteiger partial charge < -0.3 is 10.5 Å². The third-order valence-corrected chi connectivity index (χ3v) is 4.56. The van der Waals surface area contributed by atoms with Crippen molar-refractivity contribution in [1.29, 1.82) is 0 Å². The van der Waals surface area contributed by atoms with Crippen molar-refractivity contribution in [3.63, 3.8) is 0 Å². The van der Waals surface area contributed by atoms with Gasteiger partial charge in [-0.1, -0.05) is 38.1 Å². The molecule has 1 aromatic carbocycles. The fraction of sp³-hybridized carbons (Fsp3) is 0.562. The summed E-state index contributed by atoms with van der Waals surface area (Å²) in [5.74, 6) is -0.181. The van der Waals surface area contributed by atoms with Crippen molar-refractivity contribution in [2.45, 2.75) is 43.9 Å². The molecule has 1 aliphatic carbocycles. The minimum atomic E-state index is -0.265. The topological polar surface area (TPSA) is 52.3 Å². The molecule has 0 spiro atoms. The van der Waals surface area contributed by atoms with E-state index in [-0.39, 0.29) is 16.8 Å². The smallest absolute Gasteiger partial charge is 0.306 e. The Labute approximate surface area is 115 Å². The van der Waals surface area contributed by atoms with Crippen molar-refractivity contribution in [3.8, 4) is 0 Å². The lowest BCUT2D eigenvalue weighted by molar-refractivity contribution is -0.142. The highest BCUT2D eigenvalue weighted by atomic mass is 16.5. The van der Waals surface area contributed by atoms with Crippen molar-refractivity contribution in [2.24, 2.45) is 5.73 Å². The van der Waals surface area contributed by atoms with Crippen LogP contribution in [0.3, 0.4) is 0 Å². The number of fused-ring (bicyclic) bond motifs is 1. The molecule has 0 amide bonds. The Morgan fingerprint density at radius 1 is 1.26 bits per heavy atom. The van der Waals surface area contributed by atoms with Gasteiger partial charge in [-0.15, -0.1) is 0 Å². The van der Waals surface area contributed by atoms with E-state index < -0.39 is 0 Å². The van der Waals surface area contributed by atoms with Crippen LogP contribution in [0.15, 0.2) is 24.3 Å². The third kappa shape index (κ3) is 2.39. The second kappa shape index (κ2) is 4.97. The van der Waals surface area contributed by atoms with Gasteiger partial charge >= 0.3 is 5.97 Å². The Hall–Kier alpha value is -1.35. The molecular weight excluding hydrogens is 238 g/mol. The van der Waals surface area contributed by atoms with Crippen LogP contribution < -0.4 is 5.73 Å². The highest BCUT2D eigenvalue weighted by molar-refractivity contribution is 5.72. The zero-order chi connectivity index (χ0) is 14.1. The number of carbonyl (C=O) groups is 1. The van der Waals surface area contributed by atoms with Gasteiger partial charge in [0.25, 0.3) is 0 Å². The predicted molar refractivity (Wildman–Crippen MR) is 76.1 cm³/mol. The van der Waals surface area contributed by atoms with Gasteiger partial charge in [-0.3, -0.25) is 4.79 Å². The summed E-state index contributed by atoms with van der Waals surface area (Å²) in [6.45, 7) is 4.99. The molecule has 1 atom stereocenters. The number of rotatable bonds is 3. The van der Waals surface area contributed by atoms with Gasteiger partial charge in [0, 0.05) is 12.0 Å². The second-order valence-corrected chi connectivity index (χ2v) is 6.17. The van der Waals surface area contributed by atoms with Gasteiger partial charge in [-0.2, -0.15) is 0 Å². The summed E-state index contributed by atoms with van der Waals surface area (Å²) in [6, 6.07) is 8.37. The normalized spacial score (nSPS) is 24.6. The van der Waals surface area contributed by atoms with Crippen LogP contribution in [0.1, 0.15) is 44.2 Å². The van der Waals surface area contributed by atoms with E-state index in [1.165, 1.54) is 18.2 Å². The minimum Gasteiger partial charge on any atom is -0.469 e. The van der Waals surface area contributed by atoms with E-state index >= 15 is 0 Å². The summed E-state index contributed by atoms with van der Waals surface area (Å²) >= 11 is 0. The van der Waals surface area contributed by atoms with E-state index in [1.54, 1.807) is 0 Å². The number of nitrogens with two attached hydrogens (primary N) is 1. The van der Waals surface area contributed by atoms with E-state index in [4.69, 9.17) is 10.5 Å². The van der Waals surface area contributed by atoms with Gasteiger partial charge in [0.2, 0.25) is 0 Å². The predicted octanol–water partition coefficient (Wildman–Crippen LogP) is 2.52. The van der Waals surface area contributed by atoms with Crippen LogP contribution in [0.2, 0.25) is 0 Å². The summed E-state index contributed by atoms with van der Waals surface area (Å²) in [6.07, 6.45) is 2.34. The molecule has 3 heteroatoms. The molecule has 0 bridgehead atoms. The Morgan fingerprint density at radius 3 is 2.47 bits per heavy atom. The van der Waals surface area contributed by atoms with Gasteiger partial charge in [0.1, 0.15) is 0 Å². The molecule has 19 heavy (non-hydrogen) atoms. The fourth-order valence-corrected chi connectivity index (χ4v) is 3.17. The molecular formula is C16H23NO2. The molecule has 0 radical (unpaired) electrons. The summed E-state index contributed by atoms with van der Waals surface area (Å²) in [5, 5.41) is 0. The third-order valence-electron chi connectivity index (χ3n) is 4.56. The number of methoxy groups -OCH3 is 1. The molecule has 0 saturated heterocycles. The summed E-state index contributed by atoms with van der Waals surface area (Å²) in [7, 11) is 1.44. The Balaban J connectivity index is 2.50. The van der Waals surface area contributed by atoms with E-state index in [0.29, 0.717) is 13.0 Å². The lowest BCUT2D eigenvalue weighted by Gasteiger charge is -2.44. The first-order chi connectivity index (χ1) is 8.95. The van der Waals surface area contributed by atoms with Crippen LogP contribution in [0.4, 0.5) is 0 Å². The number of hydrogen-bond acceptors (Lipinski definition) is 3. The molecule has 2 rings (SSSR count). The van der Waals surface area contributed by atoms with Crippen LogP contribution in [-0.2, 0) is 20.4 Å². The number of esters is 1. The van der Waals surface area contributed by atoms with Crippen molar-refractivity contribution >= 4 is 5.97 Å². The zero-order valence-electron chi connectivity index (χ0n) is 12.0. The van der Waals surface area contributed by atoms with Gasteiger partial charge in [0.05, 0.1) is 13.5 Å². The van der Waals surface area contributed by atoms with Crippen LogP contribution >= 0.6 is 0 Å². The van der Waals surface area contributed by atoms with Crippen LogP contribution in [-0.4, -0.2) is 19.6 Å². The quantitative estimate of drug-likeness (QED) is 0.851. The highest BCUT2D eigenvalue weighted by Crippen LogP contribution is 2.47. The van der Waals surface area contributed by atoms with Gasteiger partial charge in [-0.05, 0) is 29.4 Å². The average Bonchev–Trinajstić information content (AvgIpc) is 2.42. The van der Waals surface area contributed by atoms with Crippen molar-refractivity contribution in [1.82, 2.24) is 0 Å². The lowest BCUT2D eigenvalue weighted by atomic mass is 9.60. The molecule has 0 aromatic heterocycles. The van der Waals surface area contributed by atoms with Crippen molar-refractivity contribution in [3.05, 3.63) is 35.4 Å². The average molecular weight is 261 g/mol. The molecule has 1 unspecified atom stereocenters. The molecule has 104 valence electrons. The molecule has 0 heterocycles. The maximum atomic E-state index is 11.7. The van der Waals surface area contributed by atoms with Crippen LogP contribution in [0.25, 0.3) is 0 Å². The molecule has 2 N–H and O–H groups in total. The molecule has 0 fully saturated rings. The fourth-order valence-electron chi connectivity index (χ4n) is 3.17. The summed E-state index contributed by atoms with van der Waals surface area (Å²) in [4.78, 5) is 11.7. The standard InChI is InChI=1S/C16H23NO2/c1-15(2)8-9-16(11-17,10-14(18)19-3)13-7-5-4-6-12(13)15/h4-7H,8-11,17H2,1-3H3. The number of hydrogen-bond donors (Lipinski definition) is 1. The van der Waals surface area contributed by atoms with E-state index in [9.17, 15) is 4.79 Å². The van der Waals surface area contributed by atoms with E-state index in [2.05, 4.69) is 32.0 Å². The SMILES string of the molecule is COC(=O)CC1(CN)CCC(C)(C)c2ccccc21. The van der Waals surface area contributed by atoms with Gasteiger partial charge in [-0.25, -0.2) is 0 Å². The minimum absolute atomic E-state index is 0.144. The largest absolute Gasteiger partial charge is 0.469 e. The highest BCUT2D eigenvalue weighted by Gasteiger charge is 2.43. The molecule has 1 aliphatic rings. The first-order valence-corrected chi connectivity index (χ1v) is 6.82. The van der Waals surface area contributed by atoms with Crippen molar-refractivity contribution < 1.29 is 9.53 Å². The maximum absolute atomic E-state index is 11.7. The molecule has 0 saturated carbocycles. The van der Waals surface area contributed by atoms with Crippen LogP contribution in [0, 0.1) is 0 Å². The molecule has 1 aromatic rings.